The van der Waals surface area contributed by atoms with E-state index in [1.54, 1.807) is 18.2 Å². The van der Waals surface area contributed by atoms with Crippen molar-refractivity contribution in [3.63, 3.8) is 0 Å². The largest absolute Gasteiger partial charge is 0.493 e. The zero-order chi connectivity index (χ0) is 31.8. The molecular formula is C34H30IN5O4S. The minimum absolute atomic E-state index is 0.185. The molecule has 1 aromatic heterocycles. The number of ether oxygens (including phenoxy) is 2. The van der Waals surface area contributed by atoms with Gasteiger partial charge in [-0.1, -0.05) is 36.4 Å². The first-order valence-electron chi connectivity index (χ1n) is 13.9. The lowest BCUT2D eigenvalue weighted by molar-refractivity contribution is -0.118. The van der Waals surface area contributed by atoms with Crippen LogP contribution in [0, 0.1) is 17.4 Å². The fourth-order valence-electron chi connectivity index (χ4n) is 4.24. The number of rotatable bonds is 11. The predicted octanol–water partition coefficient (Wildman–Crippen LogP) is 7.57. The van der Waals surface area contributed by atoms with Gasteiger partial charge >= 0.3 is 0 Å². The molecule has 0 saturated carbocycles. The topological polar surface area (TPSA) is 114 Å². The second-order valence-electron chi connectivity index (χ2n) is 9.98. The number of nitrogens with one attached hydrogen (secondary N) is 3. The number of benzene rings is 4. The van der Waals surface area contributed by atoms with Crippen molar-refractivity contribution >= 4 is 68.5 Å². The molecule has 0 aliphatic heterocycles. The van der Waals surface area contributed by atoms with Gasteiger partial charge in [-0.2, -0.15) is 5.10 Å². The Hall–Kier alpha value is -4.75. The molecule has 5 rings (SSSR count). The lowest BCUT2D eigenvalue weighted by Gasteiger charge is -2.14. The van der Waals surface area contributed by atoms with E-state index in [0.717, 1.165) is 36.8 Å². The average molecular weight is 732 g/mol. The van der Waals surface area contributed by atoms with Crippen molar-refractivity contribution in [2.75, 3.05) is 24.4 Å². The predicted molar refractivity (Wildman–Crippen MR) is 188 cm³/mol. The van der Waals surface area contributed by atoms with Crippen LogP contribution in [0.25, 0.3) is 11.3 Å². The first-order chi connectivity index (χ1) is 21.8. The molecule has 5 aromatic rings. The summed E-state index contributed by atoms with van der Waals surface area (Å²) in [7, 11) is 1.52. The molecule has 228 valence electrons. The SMILES string of the molecule is COc1cc(/C=N/NC(=O)c2ccc(-c3csc(Nc4ccccc4)n3)cc2)cc(I)c1OCC(=O)Nc1ccc(C)c(C)c1. The third kappa shape index (κ3) is 8.46. The number of carbonyl (C=O) groups excluding carboxylic acids is 2. The Morgan fingerprint density at radius 1 is 0.956 bits per heavy atom. The van der Waals surface area contributed by atoms with E-state index in [0.29, 0.717) is 28.3 Å². The minimum atomic E-state index is -0.348. The van der Waals surface area contributed by atoms with Crippen LogP contribution in [-0.4, -0.2) is 36.7 Å². The van der Waals surface area contributed by atoms with E-state index in [1.165, 1.54) is 24.7 Å². The van der Waals surface area contributed by atoms with Gasteiger partial charge in [-0.3, -0.25) is 9.59 Å². The number of nitrogens with zero attached hydrogens (tertiary/aromatic N) is 2. The Labute approximate surface area is 278 Å². The number of halogens is 1. The number of aryl methyl sites for hydroxylation is 2. The summed E-state index contributed by atoms with van der Waals surface area (Å²) >= 11 is 3.62. The number of hydrazone groups is 1. The van der Waals surface area contributed by atoms with Gasteiger partial charge in [0.2, 0.25) is 0 Å². The van der Waals surface area contributed by atoms with Crippen LogP contribution in [0.5, 0.6) is 11.5 Å². The molecule has 0 bridgehead atoms. The molecule has 0 fully saturated rings. The average Bonchev–Trinajstić information content (AvgIpc) is 3.51. The highest BCUT2D eigenvalue weighted by Gasteiger charge is 2.14. The molecular weight excluding hydrogens is 701 g/mol. The highest BCUT2D eigenvalue weighted by atomic mass is 127. The van der Waals surface area contributed by atoms with Gasteiger partial charge in [-0.25, -0.2) is 10.4 Å². The Bertz CT molecular complexity index is 1840. The molecule has 3 N–H and O–H groups in total. The van der Waals surface area contributed by atoms with Gasteiger partial charge in [0.1, 0.15) is 0 Å². The highest BCUT2D eigenvalue weighted by Crippen LogP contribution is 2.33. The van der Waals surface area contributed by atoms with Crippen LogP contribution in [0.3, 0.4) is 0 Å². The van der Waals surface area contributed by atoms with E-state index in [-0.39, 0.29) is 18.4 Å². The first kappa shape index (κ1) is 31.7. The normalized spacial score (nSPS) is 10.8. The zero-order valence-electron chi connectivity index (χ0n) is 24.8. The number of carbonyl (C=O) groups is 2. The van der Waals surface area contributed by atoms with Gasteiger partial charge in [0.25, 0.3) is 11.8 Å². The van der Waals surface area contributed by atoms with Crippen LogP contribution in [0.4, 0.5) is 16.5 Å². The summed E-state index contributed by atoms with van der Waals surface area (Å²) in [4.78, 5) is 29.9. The number of para-hydroxylation sites is 1. The molecule has 1 heterocycles. The maximum Gasteiger partial charge on any atom is 0.271 e. The number of hydrogen-bond donors (Lipinski definition) is 3. The van der Waals surface area contributed by atoms with E-state index in [2.05, 4.69) is 48.7 Å². The van der Waals surface area contributed by atoms with Crippen molar-refractivity contribution in [1.29, 1.82) is 0 Å². The van der Waals surface area contributed by atoms with Crippen molar-refractivity contribution < 1.29 is 19.1 Å². The number of aromatic nitrogens is 1. The van der Waals surface area contributed by atoms with Crippen molar-refractivity contribution in [3.8, 4) is 22.8 Å². The molecule has 0 atom stereocenters. The third-order valence-electron chi connectivity index (χ3n) is 6.74. The lowest BCUT2D eigenvalue weighted by atomic mass is 10.1. The molecule has 0 unspecified atom stereocenters. The van der Waals surface area contributed by atoms with Crippen molar-refractivity contribution in [3.05, 3.63) is 116 Å². The standard InChI is InChI=1S/C34H30IN5O4S/c1-21-9-14-27(15-22(21)2)37-31(41)19-44-32-28(35)16-23(17-30(32)43-3)18-36-40-33(42)25-12-10-24(11-13-25)29-20-45-34(39-29)38-26-7-5-4-6-8-26/h4-18,20H,19H2,1-3H3,(H,37,41)(H,38,39)(H,40,42)/b36-18+. The fourth-order valence-corrected chi connectivity index (χ4v) is 5.76. The van der Waals surface area contributed by atoms with Crippen LogP contribution >= 0.6 is 33.9 Å². The molecule has 2 amide bonds. The molecule has 4 aromatic carbocycles. The van der Waals surface area contributed by atoms with Gasteiger partial charge in [-0.05, 0) is 102 Å². The minimum Gasteiger partial charge on any atom is -0.493 e. The Morgan fingerprint density at radius 2 is 1.73 bits per heavy atom. The second kappa shape index (κ2) is 14.8. The Balaban J connectivity index is 1.15. The van der Waals surface area contributed by atoms with Gasteiger partial charge in [0.05, 0.1) is 22.6 Å². The van der Waals surface area contributed by atoms with E-state index >= 15 is 0 Å². The zero-order valence-corrected chi connectivity index (χ0v) is 27.7. The van der Waals surface area contributed by atoms with E-state index < -0.39 is 0 Å². The summed E-state index contributed by atoms with van der Waals surface area (Å²) in [5.74, 6) is 0.249. The van der Waals surface area contributed by atoms with Gasteiger partial charge < -0.3 is 20.1 Å². The molecule has 0 radical (unpaired) electrons. The Morgan fingerprint density at radius 3 is 2.47 bits per heavy atom. The monoisotopic (exact) mass is 731 g/mol. The number of thiazole rings is 1. The van der Waals surface area contributed by atoms with Crippen molar-refractivity contribution in [2.24, 2.45) is 5.10 Å². The van der Waals surface area contributed by atoms with Crippen LogP contribution in [-0.2, 0) is 4.79 Å². The van der Waals surface area contributed by atoms with Gasteiger partial charge in [0, 0.05) is 27.9 Å². The number of anilines is 3. The fraction of sp³-hybridized carbons (Fsp3) is 0.118. The quantitative estimate of drug-likeness (QED) is 0.0735. The van der Waals surface area contributed by atoms with Crippen LogP contribution < -0.4 is 25.5 Å². The molecule has 0 saturated heterocycles. The molecule has 45 heavy (non-hydrogen) atoms. The molecule has 0 spiro atoms. The van der Waals surface area contributed by atoms with Crippen LogP contribution in [0.15, 0.2) is 95.4 Å². The van der Waals surface area contributed by atoms with E-state index in [1.807, 2.05) is 86.0 Å². The molecule has 0 aliphatic carbocycles. The summed E-state index contributed by atoms with van der Waals surface area (Å²) in [6, 6.07) is 26.3. The number of amides is 2. The molecule has 11 heteroatoms. The summed E-state index contributed by atoms with van der Waals surface area (Å²) in [5.41, 5.74) is 9.35. The highest BCUT2D eigenvalue weighted by molar-refractivity contribution is 14.1. The van der Waals surface area contributed by atoms with Gasteiger partial charge in [0.15, 0.2) is 23.2 Å². The number of methoxy groups -OCH3 is 1. The summed E-state index contributed by atoms with van der Waals surface area (Å²) < 4.78 is 12.0. The summed E-state index contributed by atoms with van der Waals surface area (Å²) in [5, 5.41) is 13.0. The third-order valence-corrected chi connectivity index (χ3v) is 8.30. The van der Waals surface area contributed by atoms with Crippen molar-refractivity contribution in [2.45, 2.75) is 13.8 Å². The second-order valence-corrected chi connectivity index (χ2v) is 12.0. The maximum atomic E-state index is 12.7. The number of hydrogen-bond acceptors (Lipinski definition) is 8. The first-order valence-corrected chi connectivity index (χ1v) is 15.8. The van der Waals surface area contributed by atoms with E-state index in [4.69, 9.17) is 9.47 Å². The maximum absolute atomic E-state index is 12.7. The van der Waals surface area contributed by atoms with Crippen LogP contribution in [0.1, 0.15) is 27.0 Å². The van der Waals surface area contributed by atoms with Crippen LogP contribution in [0.2, 0.25) is 0 Å². The summed E-state index contributed by atoms with van der Waals surface area (Å²) in [6.45, 7) is 3.83. The van der Waals surface area contributed by atoms with Crippen molar-refractivity contribution in [1.82, 2.24) is 10.4 Å². The smallest absolute Gasteiger partial charge is 0.271 e. The summed E-state index contributed by atoms with van der Waals surface area (Å²) in [6.07, 6.45) is 1.52. The van der Waals surface area contributed by atoms with E-state index in [9.17, 15) is 9.59 Å². The molecule has 9 nitrogen and oxygen atoms in total. The lowest BCUT2D eigenvalue weighted by Crippen LogP contribution is -2.20. The molecule has 0 aliphatic rings. The Kier molecular flexibility index (Phi) is 10.4. The van der Waals surface area contributed by atoms with Gasteiger partial charge in [-0.15, -0.1) is 11.3 Å².